The summed E-state index contributed by atoms with van der Waals surface area (Å²) in [4.78, 5) is 0. The molecule has 96 valence electrons. The van der Waals surface area contributed by atoms with Crippen molar-refractivity contribution in [2.24, 2.45) is 0 Å². The van der Waals surface area contributed by atoms with E-state index >= 15 is 0 Å². The highest BCUT2D eigenvalue weighted by Gasteiger charge is 2.04. The molecule has 0 saturated heterocycles. The molecule has 1 atom stereocenters. The first-order chi connectivity index (χ1) is 8.22. The van der Waals surface area contributed by atoms with Gasteiger partial charge in [0.2, 0.25) is 0 Å². The summed E-state index contributed by atoms with van der Waals surface area (Å²) >= 11 is 5.14. The van der Waals surface area contributed by atoms with Crippen molar-refractivity contribution < 1.29 is 9.84 Å². The van der Waals surface area contributed by atoms with Crippen molar-refractivity contribution in [3.05, 3.63) is 28.7 Å². The highest BCUT2D eigenvalue weighted by molar-refractivity contribution is 9.10. The maximum absolute atomic E-state index is 9.66. The van der Waals surface area contributed by atoms with Crippen LogP contribution in [0.2, 0.25) is 0 Å². The summed E-state index contributed by atoms with van der Waals surface area (Å²) in [6, 6.07) is 7.58. The fourth-order valence-electron chi connectivity index (χ4n) is 1.23. The van der Waals surface area contributed by atoms with Crippen LogP contribution in [0, 0.1) is 0 Å². The lowest BCUT2D eigenvalue weighted by molar-refractivity contribution is 0.107. The van der Waals surface area contributed by atoms with E-state index in [9.17, 15) is 5.11 Å². The van der Waals surface area contributed by atoms with E-state index in [-0.39, 0.29) is 0 Å². The van der Waals surface area contributed by atoms with Crippen LogP contribution in [0.25, 0.3) is 0 Å². The monoisotopic (exact) mass is 319 g/mol. The van der Waals surface area contributed by atoms with Gasteiger partial charge in [-0.3, -0.25) is 0 Å². The Labute approximate surface area is 115 Å². The molecule has 2 N–H and O–H groups in total. The fraction of sp³-hybridized carbons (Fsp3) is 0.500. The standard InChI is InChI=1S/C12H18BrNO2S/c1-17-7-6-14-8-11(15)9-16-12-4-2-10(13)3-5-12/h2-5,11,14-15H,6-9H2,1H3. The maximum atomic E-state index is 9.66. The number of hydrogen-bond acceptors (Lipinski definition) is 4. The van der Waals surface area contributed by atoms with Gasteiger partial charge < -0.3 is 15.2 Å². The molecule has 0 fully saturated rings. The van der Waals surface area contributed by atoms with Gasteiger partial charge in [0.15, 0.2) is 0 Å². The van der Waals surface area contributed by atoms with E-state index in [1.54, 1.807) is 11.8 Å². The van der Waals surface area contributed by atoms with Crippen LogP contribution < -0.4 is 10.1 Å². The molecule has 0 spiro atoms. The quantitative estimate of drug-likeness (QED) is 0.720. The number of nitrogens with one attached hydrogen (secondary N) is 1. The number of hydrogen-bond donors (Lipinski definition) is 2. The number of aliphatic hydroxyl groups excluding tert-OH is 1. The summed E-state index contributed by atoms with van der Waals surface area (Å²) in [5.41, 5.74) is 0. The molecular weight excluding hydrogens is 302 g/mol. The fourth-order valence-corrected chi connectivity index (χ4v) is 1.84. The van der Waals surface area contributed by atoms with E-state index in [4.69, 9.17) is 4.74 Å². The molecule has 5 heteroatoms. The summed E-state index contributed by atoms with van der Waals surface area (Å²) in [6.45, 7) is 1.79. The van der Waals surface area contributed by atoms with Crippen LogP contribution in [0.5, 0.6) is 5.75 Å². The second-order valence-electron chi connectivity index (χ2n) is 3.62. The summed E-state index contributed by atoms with van der Waals surface area (Å²) in [5.74, 6) is 1.83. The molecule has 3 nitrogen and oxygen atoms in total. The van der Waals surface area contributed by atoms with E-state index in [1.165, 1.54) is 0 Å². The number of thioether (sulfide) groups is 1. The van der Waals surface area contributed by atoms with Crippen molar-refractivity contribution in [2.75, 3.05) is 31.7 Å². The van der Waals surface area contributed by atoms with Crippen LogP contribution in [0.3, 0.4) is 0 Å². The molecule has 0 aliphatic carbocycles. The van der Waals surface area contributed by atoms with E-state index < -0.39 is 6.10 Å². The van der Waals surface area contributed by atoms with Gasteiger partial charge in [0.25, 0.3) is 0 Å². The highest BCUT2D eigenvalue weighted by Crippen LogP contribution is 2.16. The van der Waals surface area contributed by atoms with Gasteiger partial charge in [-0.25, -0.2) is 0 Å². The van der Waals surface area contributed by atoms with Crippen LogP contribution in [-0.4, -0.2) is 42.9 Å². The van der Waals surface area contributed by atoms with E-state index in [1.807, 2.05) is 24.3 Å². The first-order valence-electron chi connectivity index (χ1n) is 5.48. The highest BCUT2D eigenvalue weighted by atomic mass is 79.9. The molecule has 0 aromatic heterocycles. The van der Waals surface area contributed by atoms with Crippen LogP contribution >= 0.6 is 27.7 Å². The van der Waals surface area contributed by atoms with Crippen LogP contribution in [0.4, 0.5) is 0 Å². The molecule has 0 aliphatic heterocycles. The van der Waals surface area contributed by atoms with E-state index in [0.29, 0.717) is 13.2 Å². The van der Waals surface area contributed by atoms with Gasteiger partial charge in [-0.1, -0.05) is 15.9 Å². The van der Waals surface area contributed by atoms with Crippen molar-refractivity contribution >= 4 is 27.7 Å². The number of rotatable bonds is 8. The first kappa shape index (κ1) is 14.8. The summed E-state index contributed by atoms with van der Waals surface area (Å²) in [6.07, 6.45) is 1.59. The Kier molecular flexibility index (Phi) is 7.68. The Morgan fingerprint density at radius 3 is 2.76 bits per heavy atom. The van der Waals surface area contributed by atoms with Crippen LogP contribution in [-0.2, 0) is 0 Å². The second-order valence-corrected chi connectivity index (χ2v) is 5.52. The molecule has 0 radical (unpaired) electrons. The minimum Gasteiger partial charge on any atom is -0.491 e. The van der Waals surface area contributed by atoms with Crippen LogP contribution in [0.15, 0.2) is 28.7 Å². The molecule has 17 heavy (non-hydrogen) atoms. The Balaban J connectivity index is 2.14. The number of halogens is 1. The zero-order valence-corrected chi connectivity index (χ0v) is 12.3. The Bertz CT molecular complexity index is 308. The van der Waals surface area contributed by atoms with Crippen molar-refractivity contribution in [2.45, 2.75) is 6.10 Å². The summed E-state index contributed by atoms with van der Waals surface area (Å²) < 4.78 is 6.48. The van der Waals surface area contributed by atoms with Gasteiger partial charge >= 0.3 is 0 Å². The molecule has 0 saturated carbocycles. The van der Waals surface area contributed by atoms with Gasteiger partial charge in [-0.15, -0.1) is 0 Å². The summed E-state index contributed by atoms with van der Waals surface area (Å²) in [5, 5.41) is 12.8. The first-order valence-corrected chi connectivity index (χ1v) is 7.67. The number of ether oxygens (including phenoxy) is 1. The maximum Gasteiger partial charge on any atom is 0.119 e. The number of aliphatic hydroxyl groups is 1. The molecule has 1 aromatic carbocycles. The largest absolute Gasteiger partial charge is 0.491 e. The SMILES string of the molecule is CSCCNCC(O)COc1ccc(Br)cc1. The predicted octanol–water partition coefficient (Wildman–Crippen LogP) is 2.14. The Morgan fingerprint density at radius 1 is 1.41 bits per heavy atom. The lowest BCUT2D eigenvalue weighted by Gasteiger charge is -2.13. The van der Waals surface area contributed by atoms with E-state index in [0.717, 1.165) is 22.5 Å². The predicted molar refractivity (Wildman–Crippen MR) is 76.9 cm³/mol. The van der Waals surface area contributed by atoms with Crippen molar-refractivity contribution in [1.29, 1.82) is 0 Å². The molecule has 1 aromatic rings. The lowest BCUT2D eigenvalue weighted by Crippen LogP contribution is -2.32. The number of benzene rings is 1. The zero-order valence-electron chi connectivity index (χ0n) is 9.86. The third-order valence-corrected chi connectivity index (χ3v) is 3.26. The van der Waals surface area contributed by atoms with Crippen molar-refractivity contribution in [1.82, 2.24) is 5.32 Å². The topological polar surface area (TPSA) is 41.5 Å². The molecular formula is C12H18BrNO2S. The third kappa shape index (κ3) is 6.93. The minimum absolute atomic E-state index is 0.313. The van der Waals surface area contributed by atoms with Gasteiger partial charge in [0.05, 0.1) is 0 Å². The zero-order chi connectivity index (χ0) is 12.5. The van der Waals surface area contributed by atoms with Gasteiger partial charge in [-0.05, 0) is 30.5 Å². The average Bonchev–Trinajstić information content (AvgIpc) is 2.34. The molecule has 0 aliphatic rings. The Hall–Kier alpha value is -0.230. The molecule has 0 heterocycles. The minimum atomic E-state index is -0.472. The molecule has 0 amide bonds. The van der Waals surface area contributed by atoms with Crippen LogP contribution in [0.1, 0.15) is 0 Å². The third-order valence-electron chi connectivity index (χ3n) is 2.12. The van der Waals surface area contributed by atoms with Gasteiger partial charge in [-0.2, -0.15) is 11.8 Å². The molecule has 1 rings (SSSR count). The van der Waals surface area contributed by atoms with Gasteiger partial charge in [0.1, 0.15) is 18.5 Å². The summed E-state index contributed by atoms with van der Waals surface area (Å²) in [7, 11) is 0. The molecule has 1 unspecified atom stereocenters. The average molecular weight is 320 g/mol. The smallest absolute Gasteiger partial charge is 0.119 e. The van der Waals surface area contributed by atoms with Crippen molar-refractivity contribution in [3.8, 4) is 5.75 Å². The van der Waals surface area contributed by atoms with Crippen molar-refractivity contribution in [3.63, 3.8) is 0 Å². The van der Waals surface area contributed by atoms with E-state index in [2.05, 4.69) is 27.5 Å². The molecule has 0 bridgehead atoms. The van der Waals surface area contributed by atoms with Gasteiger partial charge in [0, 0.05) is 23.3 Å². The lowest BCUT2D eigenvalue weighted by atomic mass is 10.3. The second kappa shape index (κ2) is 8.80. The normalized spacial score (nSPS) is 12.4. The Morgan fingerprint density at radius 2 is 2.12 bits per heavy atom.